The molecule has 0 bridgehead atoms. The number of thiophene rings is 1. The maximum Gasteiger partial charge on any atom is 0.394 e. The Hall–Kier alpha value is -1.77. The highest BCUT2D eigenvalue weighted by Gasteiger charge is 2.53. The smallest absolute Gasteiger partial charge is 0.394 e. The first-order chi connectivity index (χ1) is 10.7. The van der Waals surface area contributed by atoms with Crippen LogP contribution < -0.4 is 5.32 Å². The normalized spacial score (nSPS) is 21.5. The average molecular weight is 350 g/mol. The van der Waals surface area contributed by atoms with Gasteiger partial charge in [0.2, 0.25) is 0 Å². The van der Waals surface area contributed by atoms with Crippen molar-refractivity contribution in [1.29, 1.82) is 0 Å². The summed E-state index contributed by atoms with van der Waals surface area (Å²) in [4.78, 5) is 26.0. The van der Waals surface area contributed by atoms with Crippen molar-refractivity contribution >= 4 is 23.3 Å². The number of likely N-dealkylation sites (tertiary alicyclic amines) is 1. The maximum absolute atomic E-state index is 12.9. The zero-order valence-corrected chi connectivity index (χ0v) is 13.2. The summed E-state index contributed by atoms with van der Waals surface area (Å²) >= 11 is 1.52. The molecule has 1 aromatic rings. The number of aryl methyl sites for hydroxylation is 1. The van der Waals surface area contributed by atoms with Crippen LogP contribution in [0.4, 0.5) is 18.0 Å². The minimum atomic E-state index is -4.64. The molecule has 0 aliphatic carbocycles. The van der Waals surface area contributed by atoms with Gasteiger partial charge in [-0.2, -0.15) is 13.2 Å². The van der Waals surface area contributed by atoms with Gasteiger partial charge in [0.05, 0.1) is 18.4 Å². The molecule has 0 spiro atoms. The molecule has 1 aromatic heterocycles. The summed E-state index contributed by atoms with van der Waals surface area (Å²) in [6.07, 6.45) is -3.76. The van der Waals surface area contributed by atoms with Gasteiger partial charge in [0.1, 0.15) is 0 Å². The molecule has 1 aliphatic heterocycles. The number of alkyl halides is 3. The van der Waals surface area contributed by atoms with E-state index in [9.17, 15) is 22.8 Å². The number of carbonyl (C=O) groups excluding carboxylic acids is 1. The lowest BCUT2D eigenvalue weighted by molar-refractivity contribution is -0.187. The molecule has 1 aliphatic rings. The fourth-order valence-electron chi connectivity index (χ4n) is 2.53. The van der Waals surface area contributed by atoms with E-state index in [1.165, 1.54) is 11.3 Å². The number of carbonyl (C=O) groups is 2. The molecule has 2 rings (SSSR count). The lowest BCUT2D eigenvalue weighted by Crippen LogP contribution is -2.39. The number of urea groups is 1. The standard InChI is InChI=1S/C14H17F3N2O3S/c1-2-8-3-4-9(23-8)5-18-13(22)19-6-10(12(20)21)11(7-19)14(15,16)17/h3-4,10-11H,2,5-7H2,1H3,(H,18,22)(H,20,21)/t10-,11-/m1/s1. The summed E-state index contributed by atoms with van der Waals surface area (Å²) in [5.74, 6) is -5.18. The lowest BCUT2D eigenvalue weighted by Gasteiger charge is -2.18. The molecule has 1 saturated heterocycles. The number of hydrogen-bond donors (Lipinski definition) is 2. The molecular formula is C14H17F3N2O3S. The van der Waals surface area contributed by atoms with Crippen LogP contribution in [-0.4, -0.2) is 41.3 Å². The highest BCUT2D eigenvalue weighted by Crippen LogP contribution is 2.37. The maximum atomic E-state index is 12.9. The summed E-state index contributed by atoms with van der Waals surface area (Å²) in [5.41, 5.74) is 0. The first-order valence-corrected chi connectivity index (χ1v) is 7.94. The van der Waals surface area contributed by atoms with Crippen molar-refractivity contribution in [2.24, 2.45) is 11.8 Å². The third-order valence-corrected chi connectivity index (χ3v) is 5.05. The monoisotopic (exact) mass is 350 g/mol. The molecule has 1 fully saturated rings. The second-order valence-corrected chi connectivity index (χ2v) is 6.63. The van der Waals surface area contributed by atoms with Gasteiger partial charge in [-0.25, -0.2) is 4.79 Å². The van der Waals surface area contributed by atoms with Crippen LogP contribution in [0.3, 0.4) is 0 Å². The van der Waals surface area contributed by atoms with E-state index in [0.29, 0.717) is 0 Å². The summed E-state index contributed by atoms with van der Waals surface area (Å²) in [5, 5.41) is 11.5. The Morgan fingerprint density at radius 3 is 2.48 bits per heavy atom. The van der Waals surface area contributed by atoms with Crippen molar-refractivity contribution in [3.8, 4) is 0 Å². The van der Waals surface area contributed by atoms with E-state index in [1.54, 1.807) is 0 Å². The molecule has 0 unspecified atom stereocenters. The van der Waals surface area contributed by atoms with Gasteiger partial charge in [-0.15, -0.1) is 11.3 Å². The number of amides is 2. The van der Waals surface area contributed by atoms with Crippen LogP contribution >= 0.6 is 11.3 Å². The Morgan fingerprint density at radius 1 is 1.35 bits per heavy atom. The van der Waals surface area contributed by atoms with Crippen LogP contribution in [-0.2, 0) is 17.8 Å². The van der Waals surface area contributed by atoms with Gasteiger partial charge >= 0.3 is 18.2 Å². The minimum absolute atomic E-state index is 0.217. The highest BCUT2D eigenvalue weighted by molar-refractivity contribution is 7.11. The van der Waals surface area contributed by atoms with Gasteiger partial charge < -0.3 is 15.3 Å². The summed E-state index contributed by atoms with van der Waals surface area (Å²) in [6, 6.07) is 3.11. The molecule has 5 nitrogen and oxygen atoms in total. The van der Waals surface area contributed by atoms with Crippen molar-refractivity contribution in [2.45, 2.75) is 26.1 Å². The first kappa shape index (κ1) is 17.6. The van der Waals surface area contributed by atoms with E-state index in [4.69, 9.17) is 5.11 Å². The second-order valence-electron chi connectivity index (χ2n) is 5.38. The highest BCUT2D eigenvalue weighted by atomic mass is 32.1. The molecule has 2 N–H and O–H groups in total. The van der Waals surface area contributed by atoms with Crippen molar-refractivity contribution in [3.63, 3.8) is 0 Å². The van der Waals surface area contributed by atoms with Gasteiger partial charge in [-0.3, -0.25) is 4.79 Å². The number of carboxylic acid groups (broad SMARTS) is 1. The van der Waals surface area contributed by atoms with Gasteiger partial charge in [0.15, 0.2) is 0 Å². The van der Waals surface area contributed by atoms with Crippen molar-refractivity contribution in [2.75, 3.05) is 13.1 Å². The second kappa shape index (κ2) is 6.77. The predicted molar refractivity (Wildman–Crippen MR) is 78.2 cm³/mol. The molecule has 2 heterocycles. The van der Waals surface area contributed by atoms with Gasteiger partial charge in [-0.1, -0.05) is 6.92 Å². The van der Waals surface area contributed by atoms with Crippen LogP contribution in [0.2, 0.25) is 0 Å². The quantitative estimate of drug-likeness (QED) is 0.877. The zero-order chi connectivity index (χ0) is 17.2. The summed E-state index contributed by atoms with van der Waals surface area (Å²) < 4.78 is 38.6. The van der Waals surface area contributed by atoms with Crippen LogP contribution in [0.5, 0.6) is 0 Å². The van der Waals surface area contributed by atoms with E-state index in [2.05, 4.69) is 5.32 Å². The number of rotatable bonds is 4. The third kappa shape index (κ3) is 4.15. The van der Waals surface area contributed by atoms with Crippen LogP contribution in [0, 0.1) is 11.8 Å². The van der Waals surface area contributed by atoms with E-state index in [1.807, 2.05) is 19.1 Å². The third-order valence-electron chi connectivity index (χ3n) is 3.82. The molecule has 0 saturated carbocycles. The van der Waals surface area contributed by atoms with Crippen molar-refractivity contribution in [3.05, 3.63) is 21.9 Å². The number of carboxylic acids is 1. The number of hydrogen-bond acceptors (Lipinski definition) is 3. The first-order valence-electron chi connectivity index (χ1n) is 7.12. The molecule has 23 heavy (non-hydrogen) atoms. The van der Waals surface area contributed by atoms with Gasteiger partial charge in [0, 0.05) is 22.8 Å². The molecular weight excluding hydrogens is 333 g/mol. The van der Waals surface area contributed by atoms with E-state index < -0.39 is 43.1 Å². The Kier molecular flexibility index (Phi) is 5.18. The molecule has 2 atom stereocenters. The molecule has 2 amide bonds. The Labute approximate surface area is 135 Å². The van der Waals surface area contributed by atoms with Crippen LogP contribution in [0.25, 0.3) is 0 Å². The Balaban J connectivity index is 1.96. The van der Waals surface area contributed by atoms with E-state index in [0.717, 1.165) is 21.1 Å². The zero-order valence-electron chi connectivity index (χ0n) is 12.4. The fourth-order valence-corrected chi connectivity index (χ4v) is 3.43. The van der Waals surface area contributed by atoms with E-state index in [-0.39, 0.29) is 6.54 Å². The van der Waals surface area contributed by atoms with Gasteiger partial charge in [-0.05, 0) is 18.6 Å². The van der Waals surface area contributed by atoms with E-state index >= 15 is 0 Å². The largest absolute Gasteiger partial charge is 0.481 e. The molecule has 9 heteroatoms. The molecule has 0 aromatic carbocycles. The minimum Gasteiger partial charge on any atom is -0.481 e. The topological polar surface area (TPSA) is 69.6 Å². The summed E-state index contributed by atoms with van der Waals surface area (Å²) in [6.45, 7) is 1.16. The molecule has 128 valence electrons. The van der Waals surface area contributed by atoms with Gasteiger partial charge in [0.25, 0.3) is 0 Å². The average Bonchev–Trinajstić information content (AvgIpc) is 3.10. The van der Waals surface area contributed by atoms with Crippen molar-refractivity contribution in [1.82, 2.24) is 10.2 Å². The SMILES string of the molecule is CCc1ccc(CNC(=O)N2C[C@@H](C(F)(F)F)[C@H](C(=O)O)C2)s1. The molecule has 0 radical (unpaired) electrons. The number of nitrogens with one attached hydrogen (secondary N) is 1. The number of aliphatic carboxylic acids is 1. The Bertz CT molecular complexity index is 588. The van der Waals surface area contributed by atoms with Crippen LogP contribution in [0.15, 0.2) is 12.1 Å². The lowest BCUT2D eigenvalue weighted by atomic mass is 9.96. The van der Waals surface area contributed by atoms with Crippen molar-refractivity contribution < 1.29 is 27.9 Å². The Morgan fingerprint density at radius 2 is 2.00 bits per heavy atom. The fraction of sp³-hybridized carbons (Fsp3) is 0.571. The summed E-state index contributed by atoms with van der Waals surface area (Å²) in [7, 11) is 0. The predicted octanol–water partition coefficient (Wildman–Crippen LogP) is 2.72. The van der Waals surface area contributed by atoms with Crippen LogP contribution in [0.1, 0.15) is 16.7 Å². The number of halogens is 3. The number of nitrogens with zero attached hydrogens (tertiary/aromatic N) is 1.